The number of rotatable bonds is 10. The van der Waals surface area contributed by atoms with Crippen LogP contribution in [0.25, 0.3) is 0 Å². The second-order valence-electron chi connectivity index (χ2n) is 6.44. The van der Waals surface area contributed by atoms with Crippen LogP contribution in [0.4, 0.5) is 0 Å². The fourth-order valence-electron chi connectivity index (χ4n) is 2.80. The Morgan fingerprint density at radius 3 is 2.96 bits per heavy atom. The highest BCUT2D eigenvalue weighted by atomic mass is 16.5. The summed E-state index contributed by atoms with van der Waals surface area (Å²) in [4.78, 5) is 6.39. The standard InChI is InChI=1S/C18H32N4O3/c1-19-18(20-9-6-10-23-14-15-7-4-11-24-15)21-13-16(22(2)3)17-8-5-12-25-17/h5,8,12,15-16H,4,6-7,9-11,13-14H2,1-3H3,(H2,19,20,21). The van der Waals surface area contributed by atoms with Gasteiger partial charge in [0.1, 0.15) is 5.76 Å². The first-order valence-corrected chi connectivity index (χ1v) is 9.04. The van der Waals surface area contributed by atoms with E-state index in [-0.39, 0.29) is 6.04 Å². The molecule has 0 aliphatic carbocycles. The van der Waals surface area contributed by atoms with Gasteiger partial charge in [0.15, 0.2) is 5.96 Å². The molecule has 1 saturated heterocycles. The molecule has 0 spiro atoms. The van der Waals surface area contributed by atoms with Crippen LogP contribution in [0, 0.1) is 0 Å². The van der Waals surface area contributed by atoms with E-state index < -0.39 is 0 Å². The first-order valence-electron chi connectivity index (χ1n) is 9.04. The van der Waals surface area contributed by atoms with Crippen LogP contribution >= 0.6 is 0 Å². The zero-order valence-electron chi connectivity index (χ0n) is 15.7. The normalized spacial score (nSPS) is 19.4. The summed E-state index contributed by atoms with van der Waals surface area (Å²) in [5.41, 5.74) is 0. The van der Waals surface area contributed by atoms with E-state index >= 15 is 0 Å². The van der Waals surface area contributed by atoms with E-state index in [4.69, 9.17) is 13.9 Å². The zero-order chi connectivity index (χ0) is 17.9. The van der Waals surface area contributed by atoms with Gasteiger partial charge in [0.25, 0.3) is 0 Å². The van der Waals surface area contributed by atoms with Crippen molar-refractivity contribution in [2.24, 2.45) is 4.99 Å². The van der Waals surface area contributed by atoms with Crippen LogP contribution in [0.3, 0.4) is 0 Å². The van der Waals surface area contributed by atoms with Crippen LogP contribution in [-0.4, -0.2) is 71.0 Å². The molecule has 1 fully saturated rings. The average molecular weight is 352 g/mol. The van der Waals surface area contributed by atoms with Crippen molar-refractivity contribution < 1.29 is 13.9 Å². The van der Waals surface area contributed by atoms with Gasteiger partial charge in [-0.1, -0.05) is 0 Å². The minimum absolute atomic E-state index is 0.156. The molecule has 2 atom stereocenters. The maximum atomic E-state index is 5.67. The molecule has 7 nitrogen and oxygen atoms in total. The number of furan rings is 1. The minimum atomic E-state index is 0.156. The SMILES string of the molecule is CN=C(NCCCOCC1CCCO1)NCC(c1ccco1)N(C)C. The number of aliphatic imine (C=N–C) groups is 1. The molecule has 2 unspecified atom stereocenters. The number of ether oxygens (including phenoxy) is 2. The molecule has 1 aliphatic rings. The minimum Gasteiger partial charge on any atom is -0.468 e. The molecule has 1 aromatic heterocycles. The smallest absolute Gasteiger partial charge is 0.191 e. The van der Waals surface area contributed by atoms with Crippen molar-refractivity contribution in [3.8, 4) is 0 Å². The van der Waals surface area contributed by atoms with Crippen LogP contribution in [0.15, 0.2) is 27.8 Å². The van der Waals surface area contributed by atoms with Crippen LogP contribution in [-0.2, 0) is 9.47 Å². The second-order valence-corrected chi connectivity index (χ2v) is 6.44. The van der Waals surface area contributed by atoms with Crippen molar-refractivity contribution >= 4 is 5.96 Å². The van der Waals surface area contributed by atoms with Crippen molar-refractivity contribution in [1.82, 2.24) is 15.5 Å². The van der Waals surface area contributed by atoms with Gasteiger partial charge in [0, 0.05) is 33.4 Å². The molecular weight excluding hydrogens is 320 g/mol. The van der Waals surface area contributed by atoms with Crippen molar-refractivity contribution in [2.45, 2.75) is 31.4 Å². The first-order chi connectivity index (χ1) is 12.2. The summed E-state index contributed by atoms with van der Waals surface area (Å²) in [5.74, 6) is 1.73. The predicted octanol–water partition coefficient (Wildman–Crippen LogP) is 1.63. The lowest BCUT2D eigenvalue weighted by Crippen LogP contribution is -2.42. The number of likely N-dealkylation sites (N-methyl/N-ethyl adjacent to an activating group) is 1. The van der Waals surface area contributed by atoms with E-state index in [2.05, 4.69) is 20.5 Å². The van der Waals surface area contributed by atoms with Gasteiger partial charge in [-0.05, 0) is 45.5 Å². The van der Waals surface area contributed by atoms with Crippen molar-refractivity contribution in [3.63, 3.8) is 0 Å². The number of hydrogen-bond acceptors (Lipinski definition) is 5. The van der Waals surface area contributed by atoms with Crippen LogP contribution in [0.5, 0.6) is 0 Å². The summed E-state index contributed by atoms with van der Waals surface area (Å²) >= 11 is 0. The van der Waals surface area contributed by atoms with E-state index in [0.29, 0.717) is 12.7 Å². The molecule has 2 heterocycles. The Hall–Kier alpha value is -1.57. The molecule has 0 saturated carbocycles. The van der Waals surface area contributed by atoms with Crippen molar-refractivity contribution in [1.29, 1.82) is 0 Å². The number of nitrogens with one attached hydrogen (secondary N) is 2. The van der Waals surface area contributed by atoms with Gasteiger partial charge in [-0.15, -0.1) is 0 Å². The molecule has 0 aromatic carbocycles. The van der Waals surface area contributed by atoms with Crippen LogP contribution in [0.1, 0.15) is 31.1 Å². The van der Waals surface area contributed by atoms with Gasteiger partial charge < -0.3 is 24.5 Å². The van der Waals surface area contributed by atoms with E-state index in [9.17, 15) is 0 Å². The Kier molecular flexibility index (Phi) is 8.79. The molecule has 0 amide bonds. The quantitative estimate of drug-likeness (QED) is 0.379. The number of hydrogen-bond donors (Lipinski definition) is 2. The van der Waals surface area contributed by atoms with Crippen LogP contribution < -0.4 is 10.6 Å². The predicted molar refractivity (Wildman–Crippen MR) is 98.9 cm³/mol. The highest BCUT2D eigenvalue weighted by Gasteiger charge is 2.17. The maximum Gasteiger partial charge on any atom is 0.191 e. The third-order valence-electron chi connectivity index (χ3n) is 4.27. The third-order valence-corrected chi connectivity index (χ3v) is 4.27. The number of guanidine groups is 1. The second kappa shape index (κ2) is 11.1. The lowest BCUT2D eigenvalue weighted by atomic mass is 10.2. The Morgan fingerprint density at radius 2 is 2.32 bits per heavy atom. The third kappa shape index (κ3) is 7.05. The molecule has 142 valence electrons. The van der Waals surface area contributed by atoms with E-state index in [1.54, 1.807) is 13.3 Å². The lowest BCUT2D eigenvalue weighted by molar-refractivity contribution is 0.0168. The first kappa shape index (κ1) is 19.8. The summed E-state index contributed by atoms with van der Waals surface area (Å²) in [7, 11) is 5.85. The largest absolute Gasteiger partial charge is 0.468 e. The molecule has 1 aromatic rings. The van der Waals surface area contributed by atoms with Gasteiger partial charge in [0.2, 0.25) is 0 Å². The summed E-state index contributed by atoms with van der Waals surface area (Å²) < 4.78 is 16.7. The van der Waals surface area contributed by atoms with E-state index in [1.807, 2.05) is 26.2 Å². The molecule has 2 rings (SSSR count). The fourth-order valence-corrected chi connectivity index (χ4v) is 2.80. The zero-order valence-corrected chi connectivity index (χ0v) is 15.7. The maximum absolute atomic E-state index is 5.67. The van der Waals surface area contributed by atoms with Gasteiger partial charge in [-0.2, -0.15) is 0 Å². The summed E-state index contributed by atoms with van der Waals surface area (Å²) in [6, 6.07) is 4.06. The topological polar surface area (TPSA) is 71.3 Å². The lowest BCUT2D eigenvalue weighted by Gasteiger charge is -2.23. The molecule has 2 N–H and O–H groups in total. The molecule has 1 aliphatic heterocycles. The van der Waals surface area contributed by atoms with Crippen molar-refractivity contribution in [2.75, 3.05) is 54.1 Å². The average Bonchev–Trinajstić information content (AvgIpc) is 3.29. The van der Waals surface area contributed by atoms with E-state index in [1.165, 1.54) is 0 Å². The fraction of sp³-hybridized carbons (Fsp3) is 0.722. The highest BCUT2D eigenvalue weighted by molar-refractivity contribution is 5.79. The van der Waals surface area contributed by atoms with Crippen molar-refractivity contribution in [3.05, 3.63) is 24.2 Å². The van der Waals surface area contributed by atoms with Gasteiger partial charge in [-0.3, -0.25) is 9.89 Å². The van der Waals surface area contributed by atoms with Gasteiger partial charge >= 0.3 is 0 Å². The Bertz CT molecular complexity index is 485. The molecule has 0 radical (unpaired) electrons. The Morgan fingerprint density at radius 1 is 1.44 bits per heavy atom. The van der Waals surface area contributed by atoms with Gasteiger partial charge in [0.05, 0.1) is 25.0 Å². The van der Waals surface area contributed by atoms with Crippen LogP contribution in [0.2, 0.25) is 0 Å². The highest BCUT2D eigenvalue weighted by Crippen LogP contribution is 2.17. The summed E-state index contributed by atoms with van der Waals surface area (Å²) in [5, 5.41) is 6.67. The Labute approximate surface area is 150 Å². The van der Waals surface area contributed by atoms with E-state index in [0.717, 1.165) is 57.3 Å². The summed E-state index contributed by atoms with van der Waals surface area (Å²) in [6.45, 7) is 3.86. The summed E-state index contributed by atoms with van der Waals surface area (Å²) in [6.07, 6.45) is 5.21. The Balaban J connectivity index is 1.59. The number of nitrogens with zero attached hydrogens (tertiary/aromatic N) is 2. The van der Waals surface area contributed by atoms with Gasteiger partial charge in [-0.25, -0.2) is 0 Å². The monoisotopic (exact) mass is 352 g/mol. The molecule has 25 heavy (non-hydrogen) atoms. The molecular formula is C18H32N4O3. The molecule has 7 heteroatoms. The molecule has 0 bridgehead atoms.